The van der Waals surface area contributed by atoms with Crippen LogP contribution in [0.15, 0.2) is 0 Å². The Morgan fingerprint density at radius 1 is 1.24 bits per heavy atom. The number of carboxylic acid groups (broad SMARTS) is 1. The number of ether oxygens (including phenoxy) is 1. The molecule has 1 heterocycles. The zero-order chi connectivity index (χ0) is 15.9. The summed E-state index contributed by atoms with van der Waals surface area (Å²) in [6, 6.07) is -0.302. The van der Waals surface area contributed by atoms with Gasteiger partial charge in [-0.2, -0.15) is 0 Å². The van der Waals surface area contributed by atoms with Crippen LogP contribution in [0.1, 0.15) is 46.5 Å². The average molecular weight is 300 g/mol. The van der Waals surface area contributed by atoms with Crippen molar-refractivity contribution in [3.63, 3.8) is 0 Å². The minimum absolute atomic E-state index is 0.152. The smallest absolute Gasteiger partial charge is 0.314 e. The van der Waals surface area contributed by atoms with Gasteiger partial charge in [-0.05, 0) is 25.7 Å². The second kappa shape index (κ2) is 8.22. The predicted octanol–water partition coefficient (Wildman–Crippen LogP) is 1.99. The van der Waals surface area contributed by atoms with Gasteiger partial charge in [0.05, 0.1) is 11.5 Å². The summed E-state index contributed by atoms with van der Waals surface area (Å²) in [7, 11) is 0. The van der Waals surface area contributed by atoms with Crippen molar-refractivity contribution in [3.8, 4) is 0 Å². The molecule has 2 amide bonds. The number of rotatable bonds is 8. The van der Waals surface area contributed by atoms with E-state index >= 15 is 0 Å². The lowest BCUT2D eigenvalue weighted by atomic mass is 9.82. The molecule has 3 N–H and O–H groups in total. The summed E-state index contributed by atoms with van der Waals surface area (Å²) in [6.07, 6.45) is 3.11. The molecule has 2 unspecified atom stereocenters. The summed E-state index contributed by atoms with van der Waals surface area (Å²) >= 11 is 0. The second-order valence-corrected chi connectivity index (χ2v) is 5.72. The van der Waals surface area contributed by atoms with Gasteiger partial charge in [0.1, 0.15) is 0 Å². The Kier molecular flexibility index (Phi) is 6.95. The van der Waals surface area contributed by atoms with Gasteiger partial charge in [0.15, 0.2) is 0 Å². The minimum atomic E-state index is -0.875. The zero-order valence-corrected chi connectivity index (χ0v) is 13.3. The Bertz CT molecular complexity index is 356. The van der Waals surface area contributed by atoms with E-state index in [2.05, 4.69) is 17.6 Å². The van der Waals surface area contributed by atoms with Crippen LogP contribution in [0.2, 0.25) is 0 Å². The third-order valence-corrected chi connectivity index (χ3v) is 4.67. The van der Waals surface area contributed by atoms with Crippen LogP contribution in [0.4, 0.5) is 4.79 Å². The van der Waals surface area contributed by atoms with E-state index in [1.807, 2.05) is 13.8 Å². The Balaban J connectivity index is 2.38. The maximum Gasteiger partial charge on any atom is 0.314 e. The number of hydrogen-bond donors (Lipinski definition) is 3. The number of amides is 2. The quantitative estimate of drug-likeness (QED) is 0.639. The lowest BCUT2D eigenvalue weighted by molar-refractivity contribution is -0.149. The molecule has 0 aromatic carbocycles. The first-order chi connectivity index (χ1) is 9.99. The Morgan fingerprint density at radius 3 is 2.43 bits per heavy atom. The number of hydrogen-bond acceptors (Lipinski definition) is 3. The first-order valence-corrected chi connectivity index (χ1v) is 7.85. The highest BCUT2D eigenvalue weighted by molar-refractivity contribution is 5.78. The van der Waals surface area contributed by atoms with Crippen molar-refractivity contribution < 1.29 is 19.4 Å². The Morgan fingerprint density at radius 2 is 1.90 bits per heavy atom. The molecule has 0 aromatic heterocycles. The first-order valence-electron chi connectivity index (χ1n) is 7.85. The van der Waals surface area contributed by atoms with E-state index in [1.165, 1.54) is 0 Å². The fourth-order valence-corrected chi connectivity index (χ4v) is 2.79. The lowest BCUT2D eigenvalue weighted by Gasteiger charge is -2.27. The topological polar surface area (TPSA) is 87.7 Å². The van der Waals surface area contributed by atoms with E-state index < -0.39 is 11.4 Å². The average Bonchev–Trinajstić information content (AvgIpc) is 2.93. The van der Waals surface area contributed by atoms with Gasteiger partial charge in [0.2, 0.25) is 0 Å². The van der Waals surface area contributed by atoms with Crippen LogP contribution in [0.3, 0.4) is 0 Å². The van der Waals surface area contributed by atoms with E-state index in [-0.39, 0.29) is 18.7 Å². The molecule has 1 saturated heterocycles. The summed E-state index contributed by atoms with van der Waals surface area (Å²) in [5.74, 6) is -0.509. The summed E-state index contributed by atoms with van der Waals surface area (Å²) in [5.41, 5.74) is -0.875. The molecule has 2 atom stereocenters. The van der Waals surface area contributed by atoms with E-state index in [4.69, 9.17) is 4.74 Å². The third kappa shape index (κ3) is 4.59. The fraction of sp³-hybridized carbons (Fsp3) is 0.867. The maximum absolute atomic E-state index is 11.8. The third-order valence-electron chi connectivity index (χ3n) is 4.67. The SMILES string of the molecule is CCC1OCCC1CNC(=O)NCC(CC)(CC)C(=O)O. The van der Waals surface area contributed by atoms with Crippen LogP contribution >= 0.6 is 0 Å². The number of carbonyl (C=O) groups excluding carboxylic acids is 1. The molecular formula is C15H28N2O4. The van der Waals surface area contributed by atoms with E-state index in [9.17, 15) is 14.7 Å². The second-order valence-electron chi connectivity index (χ2n) is 5.72. The molecule has 0 spiro atoms. The molecule has 0 aromatic rings. The van der Waals surface area contributed by atoms with Gasteiger partial charge in [-0.1, -0.05) is 20.8 Å². The lowest BCUT2D eigenvalue weighted by Crippen LogP contribution is -2.47. The van der Waals surface area contributed by atoms with Crippen molar-refractivity contribution >= 4 is 12.0 Å². The van der Waals surface area contributed by atoms with Crippen LogP contribution < -0.4 is 10.6 Å². The summed E-state index contributed by atoms with van der Waals surface area (Å²) in [5, 5.41) is 14.8. The highest BCUT2D eigenvalue weighted by Crippen LogP contribution is 2.25. The zero-order valence-electron chi connectivity index (χ0n) is 13.3. The van der Waals surface area contributed by atoms with Crippen LogP contribution in [0, 0.1) is 11.3 Å². The highest BCUT2D eigenvalue weighted by Gasteiger charge is 2.35. The normalized spacial score (nSPS) is 22.0. The fourth-order valence-electron chi connectivity index (χ4n) is 2.79. The number of aliphatic carboxylic acids is 1. The standard InChI is InChI=1S/C15H28N2O4/c1-4-12-11(7-8-21-12)9-16-14(20)17-10-15(5-2,6-3)13(18)19/h11-12H,4-10H2,1-3H3,(H,18,19)(H2,16,17,20). The first kappa shape index (κ1) is 17.8. The van der Waals surface area contributed by atoms with Gasteiger partial charge >= 0.3 is 12.0 Å². The van der Waals surface area contributed by atoms with Crippen molar-refractivity contribution in [3.05, 3.63) is 0 Å². The van der Waals surface area contributed by atoms with E-state index in [0.29, 0.717) is 25.3 Å². The Labute approximate surface area is 126 Å². The molecule has 1 rings (SSSR count). The van der Waals surface area contributed by atoms with Gasteiger partial charge in [-0.15, -0.1) is 0 Å². The molecule has 0 aliphatic carbocycles. The summed E-state index contributed by atoms with van der Waals surface area (Å²) in [4.78, 5) is 23.2. The van der Waals surface area contributed by atoms with Crippen molar-refractivity contribution in [2.75, 3.05) is 19.7 Å². The minimum Gasteiger partial charge on any atom is -0.481 e. The molecule has 122 valence electrons. The van der Waals surface area contributed by atoms with Crippen LogP contribution in [-0.4, -0.2) is 42.9 Å². The van der Waals surface area contributed by atoms with Crippen molar-refractivity contribution in [1.29, 1.82) is 0 Å². The molecule has 6 nitrogen and oxygen atoms in total. The van der Waals surface area contributed by atoms with Crippen molar-refractivity contribution in [2.45, 2.75) is 52.6 Å². The van der Waals surface area contributed by atoms with Gasteiger partial charge in [-0.3, -0.25) is 4.79 Å². The van der Waals surface area contributed by atoms with Gasteiger partial charge in [0, 0.05) is 25.6 Å². The highest BCUT2D eigenvalue weighted by atomic mass is 16.5. The summed E-state index contributed by atoms with van der Waals surface area (Å²) in [6.45, 7) is 7.22. The Hall–Kier alpha value is -1.30. The maximum atomic E-state index is 11.8. The van der Waals surface area contributed by atoms with Crippen LogP contribution in [0.25, 0.3) is 0 Å². The number of carboxylic acids is 1. The largest absolute Gasteiger partial charge is 0.481 e. The van der Waals surface area contributed by atoms with Gasteiger partial charge in [-0.25, -0.2) is 4.79 Å². The molecule has 0 radical (unpaired) electrons. The monoisotopic (exact) mass is 300 g/mol. The number of urea groups is 1. The molecule has 1 aliphatic rings. The molecule has 0 bridgehead atoms. The molecular weight excluding hydrogens is 272 g/mol. The molecule has 0 saturated carbocycles. The number of carbonyl (C=O) groups is 2. The molecule has 1 fully saturated rings. The molecule has 6 heteroatoms. The van der Waals surface area contributed by atoms with E-state index in [0.717, 1.165) is 19.4 Å². The van der Waals surface area contributed by atoms with Gasteiger partial charge in [0.25, 0.3) is 0 Å². The predicted molar refractivity (Wildman–Crippen MR) is 80.2 cm³/mol. The molecule has 1 aliphatic heterocycles. The van der Waals surface area contributed by atoms with Crippen molar-refractivity contribution in [2.24, 2.45) is 11.3 Å². The molecule has 21 heavy (non-hydrogen) atoms. The van der Waals surface area contributed by atoms with Gasteiger partial charge < -0.3 is 20.5 Å². The van der Waals surface area contributed by atoms with Crippen LogP contribution in [-0.2, 0) is 9.53 Å². The summed E-state index contributed by atoms with van der Waals surface area (Å²) < 4.78 is 5.58. The van der Waals surface area contributed by atoms with Crippen LogP contribution in [0.5, 0.6) is 0 Å². The van der Waals surface area contributed by atoms with E-state index in [1.54, 1.807) is 0 Å². The number of nitrogens with one attached hydrogen (secondary N) is 2. The van der Waals surface area contributed by atoms with Crippen molar-refractivity contribution in [1.82, 2.24) is 10.6 Å².